The van der Waals surface area contributed by atoms with Crippen LogP contribution in [0.5, 0.6) is 0 Å². The fraction of sp³-hybridized carbons (Fsp3) is 1.00. The van der Waals surface area contributed by atoms with Gasteiger partial charge in [-0.15, -0.1) is 0 Å². The first-order valence-electron chi connectivity index (χ1n) is 5.33. The highest BCUT2D eigenvalue weighted by Gasteiger charge is 1.56. The molecule has 0 spiro atoms. The van der Waals surface area contributed by atoms with Crippen molar-refractivity contribution in [2.75, 3.05) is 0 Å². The van der Waals surface area contributed by atoms with Crippen molar-refractivity contribution < 1.29 is 0 Å². The van der Waals surface area contributed by atoms with Crippen LogP contribution in [-0.4, -0.2) is 0 Å². The quantitative estimate of drug-likeness (QED) is 0.444. The molecule has 0 bridgehead atoms. The lowest BCUT2D eigenvalue weighted by Gasteiger charge is -1.68. The minimum atomic E-state index is 0. The fourth-order valence-corrected chi connectivity index (χ4v) is 0. The van der Waals surface area contributed by atoms with Gasteiger partial charge in [0.2, 0.25) is 0 Å². The Bertz CT molecular complexity index is 7.51. The number of hydrogen-bond donors (Lipinski definition) is 0. The Morgan fingerprint density at radius 3 is 0.615 bits per heavy atom. The Balaban J connectivity index is -0.0000000125. The summed E-state index contributed by atoms with van der Waals surface area (Å²) in [6, 6.07) is 0. The Kier molecular flexibility index (Phi) is 474. The second-order valence-electron chi connectivity index (χ2n) is 1.71. The van der Waals surface area contributed by atoms with Crippen LogP contribution in [0.1, 0.15) is 89.5 Å². The molecule has 0 saturated heterocycles. The van der Waals surface area contributed by atoms with E-state index in [0.717, 1.165) is 0 Å². The van der Waals surface area contributed by atoms with Crippen molar-refractivity contribution >= 4 is 0 Å². The summed E-state index contributed by atoms with van der Waals surface area (Å²) in [5.41, 5.74) is 0. The van der Waals surface area contributed by atoms with Crippen molar-refractivity contribution in [1.29, 1.82) is 0 Å². The lowest BCUT2D eigenvalue weighted by atomic mass is 10.4. The molecule has 0 heteroatoms. The van der Waals surface area contributed by atoms with E-state index < -0.39 is 0 Å². The van der Waals surface area contributed by atoms with Crippen LogP contribution in [0, 0.1) is 0 Å². The van der Waals surface area contributed by atoms with Crippen molar-refractivity contribution in [3.8, 4) is 0 Å². The summed E-state index contributed by atoms with van der Waals surface area (Å²) >= 11 is 0. The van der Waals surface area contributed by atoms with E-state index in [1.807, 2.05) is 27.7 Å². The maximum Gasteiger partial charge on any atom is -0.0564 e. The molecule has 13 heavy (non-hydrogen) atoms. The van der Waals surface area contributed by atoms with Gasteiger partial charge in [-0.1, -0.05) is 89.5 Å². The molecule has 0 unspecified atom stereocenters. The Labute approximate surface area is 90.1 Å². The SMILES string of the molecule is C.C.CC.CC.CCC.CCCC. The third-order valence-corrected chi connectivity index (χ3v) is 0.500. The van der Waals surface area contributed by atoms with Gasteiger partial charge >= 0.3 is 0 Å². The smallest absolute Gasteiger partial charge is 0.0564 e. The molecule has 0 aliphatic carbocycles. The van der Waals surface area contributed by atoms with Gasteiger partial charge in [0.25, 0.3) is 0 Å². The Hall–Kier alpha value is 0. The number of rotatable bonds is 1. The van der Waals surface area contributed by atoms with Gasteiger partial charge in [-0.3, -0.25) is 0 Å². The van der Waals surface area contributed by atoms with E-state index in [0.29, 0.717) is 0 Å². The fourth-order valence-electron chi connectivity index (χ4n) is 0. The van der Waals surface area contributed by atoms with E-state index in [-0.39, 0.29) is 14.9 Å². The Morgan fingerprint density at radius 2 is 0.615 bits per heavy atom. The Morgan fingerprint density at radius 1 is 0.538 bits per heavy atom. The molecular formula is C13H38. The summed E-state index contributed by atoms with van der Waals surface area (Å²) in [6.45, 7) is 16.6. The molecular weight excluding hydrogens is 156 g/mol. The van der Waals surface area contributed by atoms with Gasteiger partial charge in [0.15, 0.2) is 0 Å². The minimum absolute atomic E-state index is 0. The van der Waals surface area contributed by atoms with E-state index in [4.69, 9.17) is 0 Å². The van der Waals surface area contributed by atoms with Crippen molar-refractivity contribution in [2.24, 2.45) is 0 Å². The maximum absolute atomic E-state index is 2.18. The van der Waals surface area contributed by atoms with E-state index >= 15 is 0 Å². The summed E-state index contributed by atoms with van der Waals surface area (Å²) in [7, 11) is 0. The van der Waals surface area contributed by atoms with Crippen LogP contribution >= 0.6 is 0 Å². The third kappa shape index (κ3) is 1200. The monoisotopic (exact) mass is 194 g/mol. The van der Waals surface area contributed by atoms with Crippen LogP contribution in [0.4, 0.5) is 0 Å². The molecule has 0 atom stereocenters. The molecule has 0 fully saturated rings. The second kappa shape index (κ2) is 161. The summed E-state index contributed by atoms with van der Waals surface area (Å²) in [4.78, 5) is 0. The highest BCUT2D eigenvalue weighted by molar-refractivity contribution is 4.12. The van der Waals surface area contributed by atoms with Gasteiger partial charge in [0.05, 0.1) is 0 Å². The average Bonchev–Trinajstić information content (AvgIpc) is 2.12. The van der Waals surface area contributed by atoms with Gasteiger partial charge in [0.1, 0.15) is 0 Å². The summed E-state index contributed by atoms with van der Waals surface area (Å²) in [5, 5.41) is 0. The zero-order chi connectivity index (χ0) is 10.1. The molecule has 0 amide bonds. The molecule has 0 aliphatic rings. The predicted octanol–water partition coefficient (Wildman–Crippen LogP) is 6.55. The average molecular weight is 194 g/mol. The maximum atomic E-state index is 2.18. The minimum Gasteiger partial charge on any atom is -0.0776 e. The van der Waals surface area contributed by atoms with Crippen molar-refractivity contribution in [3.05, 3.63) is 0 Å². The van der Waals surface area contributed by atoms with Crippen molar-refractivity contribution in [1.82, 2.24) is 0 Å². The first-order chi connectivity index (χ1) is 5.33. The molecule has 0 aliphatic heterocycles. The van der Waals surface area contributed by atoms with Crippen molar-refractivity contribution in [2.45, 2.75) is 89.5 Å². The summed E-state index contributed by atoms with van der Waals surface area (Å²) in [6.07, 6.45) is 3.89. The molecule has 0 aromatic rings. The van der Waals surface area contributed by atoms with Gasteiger partial charge in [-0.2, -0.15) is 0 Å². The molecule has 0 nitrogen and oxygen atoms in total. The van der Waals surface area contributed by atoms with Crippen LogP contribution in [0.3, 0.4) is 0 Å². The van der Waals surface area contributed by atoms with E-state index in [1.54, 1.807) is 0 Å². The van der Waals surface area contributed by atoms with Crippen LogP contribution < -0.4 is 0 Å². The van der Waals surface area contributed by atoms with Crippen LogP contribution in [-0.2, 0) is 0 Å². The molecule has 0 heterocycles. The molecule has 0 N–H and O–H groups in total. The zero-order valence-corrected chi connectivity index (χ0v) is 10.1. The van der Waals surface area contributed by atoms with Gasteiger partial charge < -0.3 is 0 Å². The largest absolute Gasteiger partial charge is 0.0776 e. The first-order valence-corrected chi connectivity index (χ1v) is 5.33. The molecule has 90 valence electrons. The number of hydrogen-bond acceptors (Lipinski definition) is 0. The highest BCUT2D eigenvalue weighted by Crippen LogP contribution is 1.76. The zero-order valence-electron chi connectivity index (χ0n) is 10.1. The normalized spacial score (nSPS) is 4.62. The lowest BCUT2D eigenvalue weighted by Crippen LogP contribution is -1.47. The summed E-state index contributed by atoms with van der Waals surface area (Å²) in [5.74, 6) is 0. The predicted molar refractivity (Wildman–Crippen MR) is 72.7 cm³/mol. The van der Waals surface area contributed by atoms with Crippen LogP contribution in [0.2, 0.25) is 0 Å². The molecule has 0 aromatic heterocycles. The van der Waals surface area contributed by atoms with E-state index in [9.17, 15) is 0 Å². The molecule has 0 saturated carbocycles. The number of unbranched alkanes of at least 4 members (excludes halogenated alkanes) is 1. The van der Waals surface area contributed by atoms with Crippen LogP contribution in [0.25, 0.3) is 0 Å². The second-order valence-corrected chi connectivity index (χ2v) is 1.71. The first kappa shape index (κ1) is 38.2. The standard InChI is InChI=1S/C4H10.C3H8.2C2H6.2CH4/c1-3-4-2;1-3-2;2*1-2;;/h3-4H2,1-2H3;3H2,1-2H3;2*1-2H3;2*1H4. The molecule has 0 rings (SSSR count). The highest BCUT2D eigenvalue weighted by atomic mass is 13.6. The topological polar surface area (TPSA) is 0 Å². The molecule has 0 aromatic carbocycles. The van der Waals surface area contributed by atoms with Gasteiger partial charge in [-0.25, -0.2) is 0 Å². The summed E-state index contributed by atoms with van der Waals surface area (Å²) < 4.78 is 0. The van der Waals surface area contributed by atoms with E-state index in [1.165, 1.54) is 19.3 Å². The van der Waals surface area contributed by atoms with E-state index in [2.05, 4.69) is 27.7 Å². The lowest BCUT2D eigenvalue weighted by molar-refractivity contribution is 0.886. The van der Waals surface area contributed by atoms with Gasteiger partial charge in [-0.05, 0) is 0 Å². The molecule has 0 radical (unpaired) electrons. The van der Waals surface area contributed by atoms with Crippen LogP contribution in [0.15, 0.2) is 0 Å². The van der Waals surface area contributed by atoms with Crippen molar-refractivity contribution in [3.63, 3.8) is 0 Å². The van der Waals surface area contributed by atoms with Gasteiger partial charge in [0, 0.05) is 0 Å². The third-order valence-electron chi connectivity index (χ3n) is 0.500.